The Bertz CT molecular complexity index is 466. The second kappa shape index (κ2) is 7.31. The van der Waals surface area contributed by atoms with Crippen LogP contribution < -0.4 is 4.72 Å². The number of rotatable bonds is 8. The van der Waals surface area contributed by atoms with Crippen molar-refractivity contribution in [2.75, 3.05) is 12.3 Å². The lowest BCUT2D eigenvalue weighted by atomic mass is 10.1. The quantitative estimate of drug-likeness (QED) is 0.697. The van der Waals surface area contributed by atoms with Crippen LogP contribution in [0.2, 0.25) is 0 Å². The van der Waals surface area contributed by atoms with E-state index in [1.54, 1.807) is 6.08 Å². The zero-order valence-corrected chi connectivity index (χ0v) is 11.1. The van der Waals surface area contributed by atoms with Gasteiger partial charge in [-0.15, -0.1) is 6.58 Å². The van der Waals surface area contributed by atoms with Crippen LogP contribution >= 0.6 is 0 Å². The maximum atomic E-state index is 11.5. The summed E-state index contributed by atoms with van der Waals surface area (Å²) < 4.78 is 25.5. The van der Waals surface area contributed by atoms with Crippen LogP contribution in [0.25, 0.3) is 0 Å². The number of nitrogens with one attached hydrogen (secondary N) is 1. The SMILES string of the molecule is C=CCCS(=O)(=O)NCCc1ccc(CO)cc1. The van der Waals surface area contributed by atoms with Gasteiger partial charge in [-0.05, 0) is 24.0 Å². The van der Waals surface area contributed by atoms with Gasteiger partial charge in [0, 0.05) is 6.54 Å². The summed E-state index contributed by atoms with van der Waals surface area (Å²) in [7, 11) is -3.19. The predicted octanol–water partition coefficient (Wildman–Crippen LogP) is 1.22. The van der Waals surface area contributed by atoms with Crippen molar-refractivity contribution in [1.82, 2.24) is 4.72 Å². The largest absolute Gasteiger partial charge is 0.392 e. The first-order valence-electron chi connectivity index (χ1n) is 5.84. The minimum absolute atomic E-state index is 0.0223. The first kappa shape index (κ1) is 14.9. The highest BCUT2D eigenvalue weighted by atomic mass is 32.2. The molecule has 0 bridgehead atoms. The van der Waals surface area contributed by atoms with Crippen molar-refractivity contribution in [2.24, 2.45) is 0 Å². The van der Waals surface area contributed by atoms with E-state index in [9.17, 15) is 8.42 Å². The van der Waals surface area contributed by atoms with E-state index in [1.807, 2.05) is 24.3 Å². The predicted molar refractivity (Wildman–Crippen MR) is 72.7 cm³/mol. The molecule has 0 heterocycles. The van der Waals surface area contributed by atoms with Gasteiger partial charge in [-0.25, -0.2) is 13.1 Å². The molecule has 0 atom stereocenters. The van der Waals surface area contributed by atoms with Gasteiger partial charge < -0.3 is 5.11 Å². The Labute approximate surface area is 108 Å². The van der Waals surface area contributed by atoms with E-state index in [0.717, 1.165) is 11.1 Å². The van der Waals surface area contributed by atoms with Crippen molar-refractivity contribution in [2.45, 2.75) is 19.4 Å². The standard InChI is InChI=1S/C13H19NO3S/c1-2-3-10-18(16,17)14-9-8-12-4-6-13(11-15)7-5-12/h2,4-7,14-15H,1,3,8-11H2. The van der Waals surface area contributed by atoms with Crippen LogP contribution in [0.1, 0.15) is 17.5 Å². The average Bonchev–Trinajstić information content (AvgIpc) is 2.37. The fourth-order valence-corrected chi connectivity index (χ4v) is 2.51. The molecule has 2 N–H and O–H groups in total. The van der Waals surface area contributed by atoms with E-state index in [2.05, 4.69) is 11.3 Å². The second-order valence-corrected chi connectivity index (χ2v) is 5.94. The van der Waals surface area contributed by atoms with Gasteiger partial charge in [0.05, 0.1) is 12.4 Å². The Morgan fingerprint density at radius 3 is 2.39 bits per heavy atom. The second-order valence-electron chi connectivity index (χ2n) is 4.02. The topological polar surface area (TPSA) is 66.4 Å². The van der Waals surface area contributed by atoms with E-state index >= 15 is 0 Å². The first-order chi connectivity index (χ1) is 8.57. The van der Waals surface area contributed by atoms with Gasteiger partial charge in [0.2, 0.25) is 10.0 Å². The van der Waals surface area contributed by atoms with Gasteiger partial charge in [-0.2, -0.15) is 0 Å². The van der Waals surface area contributed by atoms with Crippen molar-refractivity contribution in [3.05, 3.63) is 48.0 Å². The molecule has 18 heavy (non-hydrogen) atoms. The third kappa shape index (κ3) is 5.44. The maximum Gasteiger partial charge on any atom is 0.211 e. The van der Waals surface area contributed by atoms with Crippen molar-refractivity contribution in [1.29, 1.82) is 0 Å². The number of benzene rings is 1. The van der Waals surface area contributed by atoms with Crippen molar-refractivity contribution < 1.29 is 13.5 Å². The van der Waals surface area contributed by atoms with Crippen molar-refractivity contribution >= 4 is 10.0 Å². The summed E-state index contributed by atoms with van der Waals surface area (Å²) in [5, 5.41) is 8.89. The van der Waals surface area contributed by atoms with Gasteiger partial charge in [0.15, 0.2) is 0 Å². The van der Waals surface area contributed by atoms with Crippen LogP contribution in [0.3, 0.4) is 0 Å². The number of hydrogen-bond donors (Lipinski definition) is 2. The van der Waals surface area contributed by atoms with E-state index in [0.29, 0.717) is 19.4 Å². The summed E-state index contributed by atoms with van der Waals surface area (Å²) in [6, 6.07) is 7.45. The van der Waals surface area contributed by atoms with Crippen LogP contribution in [0.5, 0.6) is 0 Å². The summed E-state index contributed by atoms with van der Waals surface area (Å²) in [5.41, 5.74) is 1.89. The average molecular weight is 269 g/mol. The summed E-state index contributed by atoms with van der Waals surface area (Å²) in [6.07, 6.45) is 2.69. The fourth-order valence-electron chi connectivity index (χ4n) is 1.47. The van der Waals surface area contributed by atoms with E-state index in [-0.39, 0.29) is 12.4 Å². The monoisotopic (exact) mass is 269 g/mol. The van der Waals surface area contributed by atoms with Gasteiger partial charge in [-0.3, -0.25) is 0 Å². The molecular formula is C13H19NO3S. The summed E-state index contributed by atoms with van der Waals surface area (Å²) in [6.45, 7) is 3.90. The molecule has 1 rings (SSSR count). The molecule has 0 radical (unpaired) electrons. The van der Waals surface area contributed by atoms with Gasteiger partial charge in [0.1, 0.15) is 0 Å². The lowest BCUT2D eigenvalue weighted by Crippen LogP contribution is -2.28. The lowest BCUT2D eigenvalue weighted by Gasteiger charge is -2.06. The minimum Gasteiger partial charge on any atom is -0.392 e. The molecule has 0 amide bonds. The fraction of sp³-hybridized carbons (Fsp3) is 0.385. The highest BCUT2D eigenvalue weighted by Gasteiger charge is 2.07. The number of allylic oxidation sites excluding steroid dienone is 1. The Hall–Kier alpha value is -1.17. The van der Waals surface area contributed by atoms with Gasteiger partial charge >= 0.3 is 0 Å². The normalized spacial score (nSPS) is 11.4. The molecule has 0 saturated carbocycles. The number of sulfonamides is 1. The molecule has 5 heteroatoms. The Morgan fingerprint density at radius 2 is 1.83 bits per heavy atom. The Morgan fingerprint density at radius 1 is 1.22 bits per heavy atom. The van der Waals surface area contributed by atoms with Crippen LogP contribution in [-0.4, -0.2) is 25.8 Å². The molecule has 0 unspecified atom stereocenters. The zero-order valence-electron chi connectivity index (χ0n) is 10.3. The van der Waals surface area contributed by atoms with Crippen LogP contribution in [0, 0.1) is 0 Å². The molecule has 0 fully saturated rings. The highest BCUT2D eigenvalue weighted by Crippen LogP contribution is 2.04. The van der Waals surface area contributed by atoms with E-state index < -0.39 is 10.0 Å². The molecule has 1 aromatic rings. The maximum absolute atomic E-state index is 11.5. The third-order valence-corrected chi connectivity index (χ3v) is 3.95. The third-order valence-electron chi connectivity index (χ3n) is 2.53. The Kier molecular flexibility index (Phi) is 6.04. The lowest BCUT2D eigenvalue weighted by molar-refractivity contribution is 0.282. The molecule has 1 aromatic carbocycles. The van der Waals surface area contributed by atoms with Crippen LogP contribution in [-0.2, 0) is 23.1 Å². The smallest absolute Gasteiger partial charge is 0.211 e. The summed E-state index contributed by atoms with van der Waals surface area (Å²) in [4.78, 5) is 0. The van der Waals surface area contributed by atoms with Crippen molar-refractivity contribution in [3.8, 4) is 0 Å². The van der Waals surface area contributed by atoms with Gasteiger partial charge in [-0.1, -0.05) is 30.3 Å². The summed E-state index contributed by atoms with van der Waals surface area (Å²) >= 11 is 0. The Balaban J connectivity index is 2.38. The molecular weight excluding hydrogens is 250 g/mol. The summed E-state index contributed by atoms with van der Waals surface area (Å²) in [5.74, 6) is 0.0833. The molecule has 0 saturated heterocycles. The van der Waals surface area contributed by atoms with E-state index in [1.165, 1.54) is 0 Å². The minimum atomic E-state index is -3.19. The van der Waals surface area contributed by atoms with Gasteiger partial charge in [0.25, 0.3) is 0 Å². The van der Waals surface area contributed by atoms with Crippen molar-refractivity contribution in [3.63, 3.8) is 0 Å². The molecule has 4 nitrogen and oxygen atoms in total. The first-order valence-corrected chi connectivity index (χ1v) is 7.49. The molecule has 0 aliphatic carbocycles. The molecule has 100 valence electrons. The highest BCUT2D eigenvalue weighted by molar-refractivity contribution is 7.89. The number of aliphatic hydroxyl groups excluding tert-OH is 1. The molecule has 0 spiro atoms. The molecule has 0 aliphatic rings. The number of hydrogen-bond acceptors (Lipinski definition) is 3. The van der Waals surface area contributed by atoms with E-state index in [4.69, 9.17) is 5.11 Å². The zero-order chi connectivity index (χ0) is 13.4. The molecule has 0 aromatic heterocycles. The number of aliphatic hydroxyl groups is 1. The van der Waals surface area contributed by atoms with Crippen LogP contribution in [0.15, 0.2) is 36.9 Å². The molecule has 0 aliphatic heterocycles. The van der Waals surface area contributed by atoms with Crippen LogP contribution in [0.4, 0.5) is 0 Å².